The number of piperazine rings is 1. The maximum atomic E-state index is 10.6. The summed E-state index contributed by atoms with van der Waals surface area (Å²) in [5.74, 6) is 0.269. The number of halogens is 1. The highest BCUT2D eigenvalue weighted by Gasteiger charge is 2.33. The Morgan fingerprint density at radius 3 is 2.61 bits per heavy atom. The van der Waals surface area contributed by atoms with Gasteiger partial charge >= 0.3 is 0 Å². The zero-order valence-corrected chi connectivity index (χ0v) is 14.4. The second kappa shape index (κ2) is 7.36. The van der Waals surface area contributed by atoms with E-state index in [1.165, 1.54) is 0 Å². The molecular weight excluding hydrogens is 314 g/mol. The average Bonchev–Trinajstić information content (AvgIpc) is 2.52. The molecule has 0 bridgehead atoms. The van der Waals surface area contributed by atoms with Gasteiger partial charge in [-0.25, -0.2) is 0 Å². The van der Waals surface area contributed by atoms with Gasteiger partial charge in [-0.1, -0.05) is 11.6 Å². The van der Waals surface area contributed by atoms with Crippen LogP contribution in [0.5, 0.6) is 5.75 Å². The molecule has 0 amide bonds. The standard InChI is InChI=1S/C17H26ClN3O2/c1-19-6-8-21(9-7-19)15-4-5-20(12-17(15)23)11-13-10-14(18)2-3-16(13)22/h2-3,10,15,17,22-23H,4-9,11-12H2,1H3/t15-,17-/m1/s1. The molecule has 6 heteroatoms. The summed E-state index contributed by atoms with van der Waals surface area (Å²) in [6.07, 6.45) is 0.625. The molecule has 5 nitrogen and oxygen atoms in total. The Morgan fingerprint density at radius 1 is 1.17 bits per heavy atom. The van der Waals surface area contributed by atoms with Crippen molar-refractivity contribution in [2.24, 2.45) is 0 Å². The van der Waals surface area contributed by atoms with Gasteiger partial charge < -0.3 is 15.1 Å². The van der Waals surface area contributed by atoms with E-state index >= 15 is 0 Å². The number of β-amino-alcohol motifs (C(OH)–C–C–N with tert-alkyl or cyclic N) is 1. The van der Waals surface area contributed by atoms with Crippen LogP contribution in [0.25, 0.3) is 0 Å². The first kappa shape index (κ1) is 17.0. The largest absolute Gasteiger partial charge is 0.508 e. The predicted molar refractivity (Wildman–Crippen MR) is 91.9 cm³/mol. The molecule has 0 aromatic heterocycles. The number of likely N-dealkylation sites (tertiary alicyclic amines) is 1. The molecule has 2 aliphatic rings. The van der Waals surface area contributed by atoms with Gasteiger partial charge in [-0.15, -0.1) is 0 Å². The fraction of sp³-hybridized carbons (Fsp3) is 0.647. The Balaban J connectivity index is 1.57. The molecule has 0 aliphatic carbocycles. The van der Waals surface area contributed by atoms with Gasteiger partial charge in [-0.2, -0.15) is 0 Å². The molecular formula is C17H26ClN3O2. The third-order valence-corrected chi connectivity index (χ3v) is 5.31. The highest BCUT2D eigenvalue weighted by molar-refractivity contribution is 6.30. The van der Waals surface area contributed by atoms with Crippen LogP contribution in [0.3, 0.4) is 0 Å². The first-order chi connectivity index (χ1) is 11.0. The highest BCUT2D eigenvalue weighted by Crippen LogP contribution is 2.25. The van der Waals surface area contributed by atoms with Gasteiger partial charge in [-0.05, 0) is 31.7 Å². The molecule has 0 unspecified atom stereocenters. The molecule has 2 saturated heterocycles. The maximum absolute atomic E-state index is 10.6. The molecule has 2 atom stereocenters. The van der Waals surface area contributed by atoms with Crippen LogP contribution in [0.1, 0.15) is 12.0 Å². The summed E-state index contributed by atoms with van der Waals surface area (Å²) in [6.45, 7) is 6.41. The Labute approximate surface area is 143 Å². The van der Waals surface area contributed by atoms with Crippen LogP contribution < -0.4 is 0 Å². The van der Waals surface area contributed by atoms with Crippen molar-refractivity contribution in [1.29, 1.82) is 0 Å². The lowest BCUT2D eigenvalue weighted by atomic mass is 9.98. The van der Waals surface area contributed by atoms with Crippen LogP contribution in [-0.2, 0) is 6.54 Å². The number of nitrogens with zero attached hydrogens (tertiary/aromatic N) is 3. The molecule has 1 aromatic carbocycles. The van der Waals surface area contributed by atoms with Crippen molar-refractivity contribution in [2.75, 3.05) is 46.3 Å². The summed E-state index contributed by atoms with van der Waals surface area (Å²) < 4.78 is 0. The van der Waals surface area contributed by atoms with E-state index in [0.29, 0.717) is 18.1 Å². The van der Waals surface area contributed by atoms with Crippen molar-refractivity contribution in [3.63, 3.8) is 0 Å². The number of benzene rings is 1. The van der Waals surface area contributed by atoms with Gasteiger partial charge in [-0.3, -0.25) is 9.80 Å². The van der Waals surface area contributed by atoms with Crippen LogP contribution in [0, 0.1) is 0 Å². The smallest absolute Gasteiger partial charge is 0.120 e. The topological polar surface area (TPSA) is 50.2 Å². The molecule has 2 fully saturated rings. The van der Waals surface area contributed by atoms with Crippen molar-refractivity contribution in [2.45, 2.75) is 25.1 Å². The van der Waals surface area contributed by atoms with Gasteiger partial charge in [0.2, 0.25) is 0 Å². The van der Waals surface area contributed by atoms with Crippen LogP contribution in [0.4, 0.5) is 0 Å². The molecule has 23 heavy (non-hydrogen) atoms. The molecule has 0 spiro atoms. The lowest BCUT2D eigenvalue weighted by Crippen LogP contribution is -2.58. The molecule has 0 saturated carbocycles. The van der Waals surface area contributed by atoms with Crippen LogP contribution in [0.15, 0.2) is 18.2 Å². The molecule has 2 aliphatic heterocycles. The molecule has 2 heterocycles. The quantitative estimate of drug-likeness (QED) is 0.867. The summed E-state index contributed by atoms with van der Waals surface area (Å²) in [7, 11) is 2.15. The van der Waals surface area contributed by atoms with E-state index in [4.69, 9.17) is 11.6 Å². The number of hydrogen-bond donors (Lipinski definition) is 2. The number of aromatic hydroxyl groups is 1. The Morgan fingerprint density at radius 2 is 1.91 bits per heavy atom. The van der Waals surface area contributed by atoms with E-state index in [2.05, 4.69) is 21.7 Å². The number of aliphatic hydroxyl groups is 1. The number of rotatable bonds is 3. The third kappa shape index (κ3) is 4.17. The van der Waals surface area contributed by atoms with Crippen molar-refractivity contribution in [3.8, 4) is 5.75 Å². The lowest BCUT2D eigenvalue weighted by Gasteiger charge is -2.44. The van der Waals surface area contributed by atoms with Gasteiger partial charge in [0, 0.05) is 62.4 Å². The second-order valence-electron chi connectivity index (χ2n) is 6.77. The second-order valence-corrected chi connectivity index (χ2v) is 7.21. The molecule has 128 valence electrons. The Hall–Kier alpha value is -0.850. The number of phenolic OH excluding ortho intramolecular Hbond substituents is 1. The fourth-order valence-electron chi connectivity index (χ4n) is 3.63. The fourth-order valence-corrected chi connectivity index (χ4v) is 3.82. The zero-order chi connectivity index (χ0) is 16.4. The van der Waals surface area contributed by atoms with E-state index in [0.717, 1.165) is 44.7 Å². The van der Waals surface area contributed by atoms with Crippen molar-refractivity contribution in [3.05, 3.63) is 28.8 Å². The predicted octanol–water partition coefficient (Wildman–Crippen LogP) is 1.23. The van der Waals surface area contributed by atoms with Gasteiger partial charge in [0.1, 0.15) is 5.75 Å². The Bertz CT molecular complexity index is 535. The lowest BCUT2D eigenvalue weighted by molar-refractivity contribution is -0.0287. The minimum atomic E-state index is -0.339. The summed E-state index contributed by atoms with van der Waals surface area (Å²) in [6, 6.07) is 5.38. The SMILES string of the molecule is CN1CCN([C@@H]2CCN(Cc3cc(Cl)ccc3O)C[C@H]2O)CC1. The highest BCUT2D eigenvalue weighted by atomic mass is 35.5. The van der Waals surface area contributed by atoms with Crippen LogP contribution in [-0.4, -0.2) is 83.4 Å². The average molecular weight is 340 g/mol. The van der Waals surface area contributed by atoms with Crippen molar-refractivity contribution >= 4 is 11.6 Å². The van der Waals surface area contributed by atoms with Gasteiger partial charge in [0.25, 0.3) is 0 Å². The summed E-state index contributed by atoms with van der Waals surface area (Å²) in [5, 5.41) is 21.2. The summed E-state index contributed by atoms with van der Waals surface area (Å²) >= 11 is 6.01. The van der Waals surface area contributed by atoms with Crippen molar-refractivity contribution in [1.82, 2.24) is 14.7 Å². The van der Waals surface area contributed by atoms with E-state index in [9.17, 15) is 10.2 Å². The third-order valence-electron chi connectivity index (χ3n) is 5.07. The van der Waals surface area contributed by atoms with E-state index < -0.39 is 0 Å². The molecule has 3 rings (SSSR count). The van der Waals surface area contributed by atoms with Gasteiger partial charge in [0.15, 0.2) is 0 Å². The van der Waals surface area contributed by atoms with E-state index in [1.807, 2.05) is 0 Å². The van der Waals surface area contributed by atoms with Crippen LogP contribution >= 0.6 is 11.6 Å². The normalized spacial score (nSPS) is 28.1. The first-order valence-electron chi connectivity index (χ1n) is 8.33. The zero-order valence-electron chi connectivity index (χ0n) is 13.7. The van der Waals surface area contributed by atoms with E-state index in [1.54, 1.807) is 18.2 Å². The summed E-state index contributed by atoms with van der Waals surface area (Å²) in [5.41, 5.74) is 0.822. The number of piperidine rings is 1. The number of likely N-dealkylation sites (N-methyl/N-ethyl adjacent to an activating group) is 1. The minimum absolute atomic E-state index is 0.257. The maximum Gasteiger partial charge on any atom is 0.120 e. The van der Waals surface area contributed by atoms with Gasteiger partial charge in [0.05, 0.1) is 6.10 Å². The van der Waals surface area contributed by atoms with Crippen molar-refractivity contribution < 1.29 is 10.2 Å². The van der Waals surface area contributed by atoms with Crippen LogP contribution in [0.2, 0.25) is 5.02 Å². The number of aliphatic hydroxyl groups excluding tert-OH is 1. The molecule has 2 N–H and O–H groups in total. The molecule has 1 aromatic rings. The Kier molecular flexibility index (Phi) is 5.44. The first-order valence-corrected chi connectivity index (χ1v) is 8.71. The molecule has 0 radical (unpaired) electrons. The minimum Gasteiger partial charge on any atom is -0.508 e. The number of hydrogen-bond acceptors (Lipinski definition) is 5. The monoisotopic (exact) mass is 339 g/mol. The van der Waals surface area contributed by atoms with E-state index in [-0.39, 0.29) is 17.9 Å². The summed E-state index contributed by atoms with van der Waals surface area (Å²) in [4.78, 5) is 6.96. The number of phenols is 1.